The molecule has 1 N–H and O–H groups in total. The minimum atomic E-state index is -0.854. The van der Waals surface area contributed by atoms with Gasteiger partial charge in [-0.05, 0) is 25.5 Å². The summed E-state index contributed by atoms with van der Waals surface area (Å²) >= 11 is 0. The summed E-state index contributed by atoms with van der Waals surface area (Å²) in [5.74, 6) is -0.376. The summed E-state index contributed by atoms with van der Waals surface area (Å²) < 4.78 is 5.30. The maximum Gasteiger partial charge on any atom is 0.312 e. The molecule has 0 saturated heterocycles. The highest BCUT2D eigenvalue weighted by Gasteiger charge is 2.21. The van der Waals surface area contributed by atoms with E-state index in [1.54, 1.807) is 0 Å². The standard InChI is InChI=1S/C13H15N3O4/c1-3-6-15-13(17)9(2)20-12-5-4-10(8-14)7-11(12)16(18)19/h4-5,7,9H,3,6H2,1-2H3,(H,15,17). The van der Waals surface area contributed by atoms with E-state index >= 15 is 0 Å². The molecular weight excluding hydrogens is 262 g/mol. The van der Waals surface area contributed by atoms with Crippen molar-refractivity contribution >= 4 is 11.6 Å². The van der Waals surface area contributed by atoms with E-state index in [4.69, 9.17) is 10.00 Å². The molecule has 0 aliphatic carbocycles. The van der Waals surface area contributed by atoms with Gasteiger partial charge >= 0.3 is 5.69 Å². The Labute approximate surface area is 116 Å². The zero-order valence-electron chi connectivity index (χ0n) is 11.3. The summed E-state index contributed by atoms with van der Waals surface area (Å²) in [6.45, 7) is 3.94. The molecule has 0 fully saturated rings. The molecule has 7 nitrogen and oxygen atoms in total. The van der Waals surface area contributed by atoms with E-state index in [-0.39, 0.29) is 22.9 Å². The molecule has 0 aliphatic heterocycles. The topological polar surface area (TPSA) is 105 Å². The van der Waals surface area contributed by atoms with Crippen molar-refractivity contribution in [2.45, 2.75) is 26.4 Å². The van der Waals surface area contributed by atoms with Gasteiger partial charge in [0.1, 0.15) is 0 Å². The van der Waals surface area contributed by atoms with Gasteiger partial charge in [-0.2, -0.15) is 5.26 Å². The summed E-state index contributed by atoms with van der Waals surface area (Å²) in [6, 6.07) is 5.65. The summed E-state index contributed by atoms with van der Waals surface area (Å²) in [5, 5.41) is 22.3. The molecule has 0 radical (unpaired) electrons. The Kier molecular flexibility index (Phi) is 5.47. The second kappa shape index (κ2) is 7.09. The third kappa shape index (κ3) is 3.95. The lowest BCUT2D eigenvalue weighted by molar-refractivity contribution is -0.386. The van der Waals surface area contributed by atoms with Crippen molar-refractivity contribution in [3.8, 4) is 11.8 Å². The molecule has 1 unspecified atom stereocenters. The Hall–Kier alpha value is -2.62. The quantitative estimate of drug-likeness (QED) is 0.630. The molecule has 1 aromatic carbocycles. The van der Waals surface area contributed by atoms with Crippen molar-refractivity contribution in [3.05, 3.63) is 33.9 Å². The first-order chi connectivity index (χ1) is 9.49. The average Bonchev–Trinajstić information content (AvgIpc) is 2.44. The van der Waals surface area contributed by atoms with E-state index in [1.807, 2.05) is 13.0 Å². The molecule has 1 atom stereocenters. The second-order valence-electron chi connectivity index (χ2n) is 4.10. The van der Waals surface area contributed by atoms with Gasteiger partial charge in [0.05, 0.1) is 16.6 Å². The SMILES string of the molecule is CCCNC(=O)C(C)Oc1ccc(C#N)cc1[N+](=O)[O-]. The maximum atomic E-state index is 11.7. The Balaban J connectivity index is 2.89. The van der Waals surface area contributed by atoms with Crippen LogP contribution in [0.3, 0.4) is 0 Å². The molecule has 1 amide bonds. The van der Waals surface area contributed by atoms with Gasteiger partial charge in [-0.15, -0.1) is 0 Å². The number of carbonyl (C=O) groups excluding carboxylic acids is 1. The molecular formula is C13H15N3O4. The van der Waals surface area contributed by atoms with E-state index in [1.165, 1.54) is 19.1 Å². The third-order valence-corrected chi connectivity index (χ3v) is 2.51. The van der Waals surface area contributed by atoms with Gasteiger partial charge in [-0.1, -0.05) is 6.92 Å². The largest absolute Gasteiger partial charge is 0.474 e. The highest BCUT2D eigenvalue weighted by Crippen LogP contribution is 2.28. The van der Waals surface area contributed by atoms with Crippen LogP contribution in [0.4, 0.5) is 5.69 Å². The number of benzene rings is 1. The van der Waals surface area contributed by atoms with Crippen LogP contribution in [0.5, 0.6) is 5.75 Å². The monoisotopic (exact) mass is 277 g/mol. The zero-order valence-corrected chi connectivity index (χ0v) is 11.3. The number of nitrogens with zero attached hydrogens (tertiary/aromatic N) is 2. The van der Waals surface area contributed by atoms with E-state index in [2.05, 4.69) is 5.32 Å². The number of nitro groups is 1. The molecule has 0 aromatic heterocycles. The van der Waals surface area contributed by atoms with Crippen LogP contribution in [-0.4, -0.2) is 23.5 Å². The van der Waals surface area contributed by atoms with E-state index in [0.29, 0.717) is 6.54 Å². The molecule has 0 aliphatic rings. The lowest BCUT2D eigenvalue weighted by Crippen LogP contribution is -2.36. The molecule has 20 heavy (non-hydrogen) atoms. The average molecular weight is 277 g/mol. The fraction of sp³-hybridized carbons (Fsp3) is 0.385. The highest BCUT2D eigenvalue weighted by molar-refractivity contribution is 5.80. The van der Waals surface area contributed by atoms with E-state index in [0.717, 1.165) is 12.5 Å². The molecule has 0 heterocycles. The molecule has 1 aromatic rings. The molecule has 106 valence electrons. The van der Waals surface area contributed by atoms with Gasteiger partial charge < -0.3 is 10.1 Å². The number of nitriles is 1. The lowest BCUT2D eigenvalue weighted by Gasteiger charge is -2.14. The van der Waals surface area contributed by atoms with Gasteiger partial charge in [0, 0.05) is 12.6 Å². The van der Waals surface area contributed by atoms with Crippen LogP contribution in [0.1, 0.15) is 25.8 Å². The minimum absolute atomic E-state index is 0.0341. The van der Waals surface area contributed by atoms with Gasteiger partial charge in [-0.3, -0.25) is 14.9 Å². The number of carbonyl (C=O) groups is 1. The van der Waals surface area contributed by atoms with Crippen molar-refractivity contribution in [2.75, 3.05) is 6.54 Å². The number of nitrogens with one attached hydrogen (secondary N) is 1. The lowest BCUT2D eigenvalue weighted by atomic mass is 10.2. The number of nitro benzene ring substituents is 1. The Morgan fingerprint density at radius 2 is 2.30 bits per heavy atom. The molecule has 1 rings (SSSR count). The van der Waals surface area contributed by atoms with Crippen LogP contribution < -0.4 is 10.1 Å². The van der Waals surface area contributed by atoms with Gasteiger partial charge in [-0.25, -0.2) is 0 Å². The normalized spacial score (nSPS) is 11.2. The molecule has 0 bridgehead atoms. The van der Waals surface area contributed by atoms with E-state index in [9.17, 15) is 14.9 Å². The minimum Gasteiger partial charge on any atom is -0.474 e. The van der Waals surface area contributed by atoms with Gasteiger partial charge in [0.2, 0.25) is 0 Å². The van der Waals surface area contributed by atoms with Crippen molar-refractivity contribution in [1.29, 1.82) is 5.26 Å². The number of ether oxygens (including phenoxy) is 1. The third-order valence-electron chi connectivity index (χ3n) is 2.51. The van der Waals surface area contributed by atoms with Gasteiger partial charge in [0.15, 0.2) is 11.9 Å². The van der Waals surface area contributed by atoms with Crippen molar-refractivity contribution in [1.82, 2.24) is 5.32 Å². The number of hydrogen-bond acceptors (Lipinski definition) is 5. The fourth-order valence-corrected chi connectivity index (χ4v) is 1.47. The fourth-order valence-electron chi connectivity index (χ4n) is 1.47. The van der Waals surface area contributed by atoms with Crippen LogP contribution in [0.15, 0.2) is 18.2 Å². The van der Waals surface area contributed by atoms with Crippen LogP contribution in [-0.2, 0) is 4.79 Å². The van der Waals surface area contributed by atoms with Gasteiger partial charge in [0.25, 0.3) is 5.91 Å². The second-order valence-corrected chi connectivity index (χ2v) is 4.10. The highest BCUT2D eigenvalue weighted by atomic mass is 16.6. The van der Waals surface area contributed by atoms with Crippen molar-refractivity contribution in [2.24, 2.45) is 0 Å². The maximum absolute atomic E-state index is 11.7. The van der Waals surface area contributed by atoms with Crippen molar-refractivity contribution < 1.29 is 14.5 Å². The molecule has 0 saturated carbocycles. The first kappa shape index (κ1) is 15.4. The first-order valence-corrected chi connectivity index (χ1v) is 6.12. The van der Waals surface area contributed by atoms with E-state index < -0.39 is 11.0 Å². The smallest absolute Gasteiger partial charge is 0.312 e. The van der Waals surface area contributed by atoms with Crippen LogP contribution in [0, 0.1) is 21.4 Å². The summed E-state index contributed by atoms with van der Waals surface area (Å²) in [6.07, 6.45) is -0.0664. The summed E-state index contributed by atoms with van der Waals surface area (Å²) in [5.41, 5.74) is -0.175. The number of rotatable bonds is 6. The van der Waals surface area contributed by atoms with Crippen LogP contribution in [0.2, 0.25) is 0 Å². The Morgan fingerprint density at radius 1 is 1.60 bits per heavy atom. The Morgan fingerprint density at radius 3 is 2.85 bits per heavy atom. The number of hydrogen-bond donors (Lipinski definition) is 1. The van der Waals surface area contributed by atoms with Crippen molar-refractivity contribution in [3.63, 3.8) is 0 Å². The summed E-state index contributed by atoms with van der Waals surface area (Å²) in [7, 11) is 0. The molecule has 0 spiro atoms. The van der Waals surface area contributed by atoms with Crippen LogP contribution >= 0.6 is 0 Å². The number of amides is 1. The summed E-state index contributed by atoms with van der Waals surface area (Å²) in [4.78, 5) is 21.9. The predicted molar refractivity (Wildman–Crippen MR) is 71.2 cm³/mol. The zero-order chi connectivity index (χ0) is 15.1. The molecule has 7 heteroatoms. The first-order valence-electron chi connectivity index (χ1n) is 6.12. The predicted octanol–water partition coefficient (Wildman–Crippen LogP) is 1.76. The van der Waals surface area contributed by atoms with Crippen LogP contribution in [0.25, 0.3) is 0 Å². The Bertz CT molecular complexity index is 551.